The molecule has 36 heavy (non-hydrogen) atoms. The quantitative estimate of drug-likeness (QED) is 0.584. The van der Waals surface area contributed by atoms with E-state index in [2.05, 4.69) is 16.3 Å². The highest BCUT2D eigenvalue weighted by Crippen LogP contribution is 2.34. The Labute approximate surface area is 214 Å². The molecule has 0 aromatic heterocycles. The van der Waals surface area contributed by atoms with Crippen LogP contribution in [0.3, 0.4) is 0 Å². The average Bonchev–Trinajstić information content (AvgIpc) is 3.39. The number of benzene rings is 1. The molecule has 1 N–H and O–H groups in total. The highest BCUT2D eigenvalue weighted by atomic mass is 16.5. The number of aryl methyl sites for hydroxylation is 2. The first-order valence-electron chi connectivity index (χ1n) is 13.4. The number of hydrogen-bond donors (Lipinski definition) is 1. The lowest BCUT2D eigenvalue weighted by molar-refractivity contribution is -0.139. The van der Waals surface area contributed by atoms with Gasteiger partial charge in [0.05, 0.1) is 18.2 Å². The molecule has 4 rings (SSSR count). The van der Waals surface area contributed by atoms with E-state index in [4.69, 9.17) is 4.74 Å². The summed E-state index contributed by atoms with van der Waals surface area (Å²) in [6.07, 6.45) is 4.32. The van der Waals surface area contributed by atoms with Gasteiger partial charge >= 0.3 is 12.0 Å². The van der Waals surface area contributed by atoms with Crippen molar-refractivity contribution >= 4 is 17.9 Å². The Bertz CT molecular complexity index is 1020. The number of nitrogens with zero attached hydrogens (tertiary/aromatic N) is 3. The molecule has 2 aliphatic heterocycles. The summed E-state index contributed by atoms with van der Waals surface area (Å²) in [5, 5.41) is 3.06. The zero-order valence-corrected chi connectivity index (χ0v) is 22.1. The van der Waals surface area contributed by atoms with Gasteiger partial charge in [0.1, 0.15) is 0 Å². The molecule has 0 bridgehead atoms. The molecular formula is C28H40N4O4. The Morgan fingerprint density at radius 1 is 1.06 bits per heavy atom. The summed E-state index contributed by atoms with van der Waals surface area (Å²) in [4.78, 5) is 45.3. The number of amides is 3. The van der Waals surface area contributed by atoms with Crippen LogP contribution in [0.5, 0.6) is 0 Å². The molecule has 1 saturated heterocycles. The van der Waals surface area contributed by atoms with Crippen LogP contribution >= 0.6 is 0 Å². The second-order valence-corrected chi connectivity index (χ2v) is 10.2. The zero-order chi connectivity index (χ0) is 25.8. The first-order valence-corrected chi connectivity index (χ1v) is 13.4. The van der Waals surface area contributed by atoms with E-state index in [0.717, 1.165) is 42.4 Å². The largest absolute Gasteiger partial charge is 0.463 e. The van der Waals surface area contributed by atoms with Crippen molar-refractivity contribution in [2.45, 2.75) is 59.4 Å². The van der Waals surface area contributed by atoms with Crippen molar-refractivity contribution in [2.75, 3.05) is 45.9 Å². The second-order valence-electron chi connectivity index (χ2n) is 10.2. The van der Waals surface area contributed by atoms with E-state index in [1.54, 1.807) is 11.8 Å². The van der Waals surface area contributed by atoms with Crippen molar-refractivity contribution in [3.05, 3.63) is 46.2 Å². The van der Waals surface area contributed by atoms with Crippen molar-refractivity contribution in [1.82, 2.24) is 20.0 Å². The number of ether oxygens (including phenoxy) is 1. The summed E-state index contributed by atoms with van der Waals surface area (Å²) in [6, 6.07) is 5.28. The second kappa shape index (κ2) is 11.5. The molecule has 3 aliphatic rings. The van der Waals surface area contributed by atoms with Gasteiger partial charge in [-0.3, -0.25) is 14.6 Å². The minimum atomic E-state index is -0.569. The van der Waals surface area contributed by atoms with Gasteiger partial charge in [-0.05, 0) is 51.7 Å². The van der Waals surface area contributed by atoms with Crippen molar-refractivity contribution < 1.29 is 19.1 Å². The molecule has 0 radical (unpaired) electrons. The van der Waals surface area contributed by atoms with Crippen LogP contribution in [0, 0.1) is 19.8 Å². The Hall–Kier alpha value is -2.87. The number of piperazine rings is 1. The Morgan fingerprint density at radius 3 is 2.36 bits per heavy atom. The van der Waals surface area contributed by atoms with Gasteiger partial charge in [0.2, 0.25) is 5.91 Å². The summed E-state index contributed by atoms with van der Waals surface area (Å²) in [6.45, 7) is 11.7. The third-order valence-corrected chi connectivity index (χ3v) is 7.75. The molecule has 0 spiro atoms. The van der Waals surface area contributed by atoms with Crippen LogP contribution in [0.4, 0.5) is 4.79 Å². The maximum absolute atomic E-state index is 13.3. The van der Waals surface area contributed by atoms with E-state index in [1.807, 2.05) is 37.8 Å². The number of carbonyl (C=O) groups excluding carboxylic acids is 3. The van der Waals surface area contributed by atoms with Crippen LogP contribution in [0.15, 0.2) is 29.5 Å². The molecule has 8 heteroatoms. The lowest BCUT2D eigenvalue weighted by Crippen LogP contribution is -2.54. The average molecular weight is 497 g/mol. The molecule has 1 aliphatic carbocycles. The van der Waals surface area contributed by atoms with E-state index in [9.17, 15) is 14.4 Å². The van der Waals surface area contributed by atoms with Gasteiger partial charge in [0.25, 0.3) is 0 Å². The predicted molar refractivity (Wildman–Crippen MR) is 138 cm³/mol. The number of carbonyl (C=O) groups is 3. The number of esters is 1. The third-order valence-electron chi connectivity index (χ3n) is 7.75. The standard InChI is InChI=1S/C28H40N4O4/c1-5-32-23(18-30-13-15-31(16-14-30)26(33)21-9-7-8-10-21)24(27(34)36-6-2)25(29-28(32)35)22-12-11-19(3)17-20(22)4/h11-12,17,21,25H,5-10,13-16,18H2,1-4H3,(H,29,35). The summed E-state index contributed by atoms with van der Waals surface area (Å²) in [5.41, 5.74) is 4.23. The number of rotatable bonds is 7. The minimum Gasteiger partial charge on any atom is -0.463 e. The fourth-order valence-corrected chi connectivity index (χ4v) is 5.81. The summed E-state index contributed by atoms with van der Waals surface area (Å²) < 4.78 is 5.50. The maximum atomic E-state index is 13.3. The molecule has 3 amide bonds. The van der Waals surface area contributed by atoms with Gasteiger partial charge in [0, 0.05) is 50.9 Å². The van der Waals surface area contributed by atoms with Crippen LogP contribution in [-0.2, 0) is 14.3 Å². The molecule has 1 atom stereocenters. The molecule has 2 fully saturated rings. The number of likely N-dealkylation sites (N-methyl/N-ethyl adjacent to an activating group) is 1. The lowest BCUT2D eigenvalue weighted by Gasteiger charge is -2.41. The predicted octanol–water partition coefficient (Wildman–Crippen LogP) is 3.54. The highest BCUT2D eigenvalue weighted by molar-refractivity contribution is 5.95. The molecule has 1 saturated carbocycles. The first kappa shape index (κ1) is 26.2. The molecule has 8 nitrogen and oxygen atoms in total. The highest BCUT2D eigenvalue weighted by Gasteiger charge is 2.39. The van der Waals surface area contributed by atoms with Gasteiger partial charge in [-0.1, -0.05) is 36.6 Å². The lowest BCUT2D eigenvalue weighted by atomic mass is 9.90. The first-order chi connectivity index (χ1) is 17.3. The van der Waals surface area contributed by atoms with Crippen LogP contribution in [0.25, 0.3) is 0 Å². The van der Waals surface area contributed by atoms with Crippen molar-refractivity contribution in [1.29, 1.82) is 0 Å². The summed E-state index contributed by atoms with van der Waals surface area (Å²) >= 11 is 0. The van der Waals surface area contributed by atoms with Gasteiger partial charge in [0.15, 0.2) is 0 Å². The van der Waals surface area contributed by atoms with Gasteiger partial charge in [-0.15, -0.1) is 0 Å². The molecule has 1 aromatic rings. The molecule has 1 unspecified atom stereocenters. The van der Waals surface area contributed by atoms with Gasteiger partial charge in [-0.25, -0.2) is 9.59 Å². The smallest absolute Gasteiger partial charge is 0.338 e. The Kier molecular flexibility index (Phi) is 8.34. The maximum Gasteiger partial charge on any atom is 0.338 e. The van der Waals surface area contributed by atoms with Crippen molar-refractivity contribution in [3.8, 4) is 0 Å². The Balaban J connectivity index is 1.61. The summed E-state index contributed by atoms with van der Waals surface area (Å²) in [5.74, 6) is 0.0810. The third kappa shape index (κ3) is 5.43. The number of nitrogens with one attached hydrogen (secondary N) is 1. The van der Waals surface area contributed by atoms with Gasteiger partial charge in [-0.2, -0.15) is 0 Å². The molecule has 2 heterocycles. The minimum absolute atomic E-state index is 0.186. The zero-order valence-electron chi connectivity index (χ0n) is 22.1. The molecule has 1 aromatic carbocycles. The summed E-state index contributed by atoms with van der Waals surface area (Å²) in [7, 11) is 0. The van der Waals surface area contributed by atoms with Crippen LogP contribution in [0.2, 0.25) is 0 Å². The molecular weight excluding hydrogens is 456 g/mol. The van der Waals surface area contributed by atoms with Crippen molar-refractivity contribution in [3.63, 3.8) is 0 Å². The van der Waals surface area contributed by atoms with E-state index < -0.39 is 12.0 Å². The fraction of sp³-hybridized carbons (Fsp3) is 0.607. The SMILES string of the molecule is CCOC(=O)C1=C(CN2CCN(C(=O)C3CCCC3)CC2)N(CC)C(=O)NC1c1ccc(C)cc1C. The van der Waals surface area contributed by atoms with Crippen LogP contribution in [-0.4, -0.2) is 78.5 Å². The van der Waals surface area contributed by atoms with E-state index in [1.165, 1.54) is 0 Å². The van der Waals surface area contributed by atoms with Crippen molar-refractivity contribution in [2.24, 2.45) is 5.92 Å². The van der Waals surface area contributed by atoms with Crippen LogP contribution < -0.4 is 5.32 Å². The fourth-order valence-electron chi connectivity index (χ4n) is 5.81. The Morgan fingerprint density at radius 2 is 1.75 bits per heavy atom. The monoisotopic (exact) mass is 496 g/mol. The van der Waals surface area contributed by atoms with Crippen LogP contribution in [0.1, 0.15) is 62.3 Å². The van der Waals surface area contributed by atoms with E-state index in [0.29, 0.717) is 56.4 Å². The van der Waals surface area contributed by atoms with E-state index in [-0.39, 0.29) is 18.6 Å². The number of hydrogen-bond acceptors (Lipinski definition) is 5. The van der Waals surface area contributed by atoms with E-state index >= 15 is 0 Å². The van der Waals surface area contributed by atoms with Gasteiger partial charge < -0.3 is 15.0 Å². The topological polar surface area (TPSA) is 82.2 Å². The normalized spacial score (nSPS) is 21.7. The number of urea groups is 1. The molecule has 196 valence electrons.